The lowest BCUT2D eigenvalue weighted by Gasteiger charge is -2.26. The number of sulfone groups is 1. The molecule has 0 amide bonds. The molecule has 7 nitrogen and oxygen atoms in total. The van der Waals surface area contributed by atoms with Crippen molar-refractivity contribution in [3.63, 3.8) is 0 Å². The molecular weight excluding hydrogens is 398 g/mol. The zero-order valence-electron chi connectivity index (χ0n) is 15.8. The summed E-state index contributed by atoms with van der Waals surface area (Å²) in [5.74, 6) is 1.37. The smallest absolute Gasteiger partial charge is 0.192 e. The maximum Gasteiger partial charge on any atom is 0.192 e. The van der Waals surface area contributed by atoms with Gasteiger partial charge in [0.1, 0.15) is 5.75 Å². The standard InChI is InChI=1S/C19H25N3O4S2/c1-26-15-9-7-13(8-10-15)18-20-21-19(22(18)14-5-3-2-4-6-14)27-17-12-28(24,25)11-16(17)23/h7-10,14,16-17,23H,2-6,11-12H2,1H3/t16-,17-/m1/s1. The Morgan fingerprint density at radius 1 is 1.11 bits per heavy atom. The van der Waals surface area contributed by atoms with E-state index in [0.717, 1.165) is 42.8 Å². The van der Waals surface area contributed by atoms with E-state index in [4.69, 9.17) is 4.74 Å². The van der Waals surface area contributed by atoms with Crippen molar-refractivity contribution in [3.05, 3.63) is 24.3 Å². The van der Waals surface area contributed by atoms with E-state index < -0.39 is 21.2 Å². The van der Waals surface area contributed by atoms with Gasteiger partial charge in [-0.25, -0.2) is 8.42 Å². The number of aliphatic hydroxyl groups is 1. The molecule has 1 saturated carbocycles. The normalized spacial score (nSPS) is 25.1. The van der Waals surface area contributed by atoms with E-state index in [1.165, 1.54) is 18.2 Å². The van der Waals surface area contributed by atoms with Crippen molar-refractivity contribution in [2.24, 2.45) is 0 Å². The number of aromatic nitrogens is 3. The van der Waals surface area contributed by atoms with Gasteiger partial charge in [0.2, 0.25) is 0 Å². The topological polar surface area (TPSA) is 94.3 Å². The SMILES string of the molecule is COc1ccc(-c2nnc(S[C@@H]3CS(=O)(=O)C[C@H]3O)n2C2CCCCC2)cc1. The number of hydrogen-bond acceptors (Lipinski definition) is 7. The first-order valence-electron chi connectivity index (χ1n) is 9.61. The number of aliphatic hydroxyl groups excluding tert-OH is 1. The maximum atomic E-state index is 11.9. The van der Waals surface area contributed by atoms with Gasteiger partial charge in [-0.3, -0.25) is 4.57 Å². The summed E-state index contributed by atoms with van der Waals surface area (Å²) in [6.07, 6.45) is 4.81. The van der Waals surface area contributed by atoms with Crippen molar-refractivity contribution >= 4 is 21.6 Å². The minimum Gasteiger partial charge on any atom is -0.497 e. The summed E-state index contributed by atoms with van der Waals surface area (Å²) < 4.78 is 31.2. The van der Waals surface area contributed by atoms with Crippen LogP contribution in [0.5, 0.6) is 5.75 Å². The van der Waals surface area contributed by atoms with Gasteiger partial charge in [-0.2, -0.15) is 0 Å². The van der Waals surface area contributed by atoms with E-state index in [2.05, 4.69) is 14.8 Å². The van der Waals surface area contributed by atoms with E-state index in [0.29, 0.717) is 11.2 Å². The third-order valence-corrected chi connectivity index (χ3v) is 8.68. The molecule has 1 aliphatic carbocycles. The fraction of sp³-hybridized carbons (Fsp3) is 0.579. The molecule has 2 fully saturated rings. The fourth-order valence-corrected chi connectivity index (χ4v) is 7.60. The average molecular weight is 424 g/mol. The maximum absolute atomic E-state index is 11.9. The Labute approximate surface area is 169 Å². The number of nitrogens with zero attached hydrogens (tertiary/aromatic N) is 3. The number of rotatable bonds is 5. The van der Waals surface area contributed by atoms with Crippen molar-refractivity contribution in [1.29, 1.82) is 0 Å². The van der Waals surface area contributed by atoms with Gasteiger partial charge >= 0.3 is 0 Å². The molecule has 1 saturated heterocycles. The first kappa shape index (κ1) is 19.7. The summed E-state index contributed by atoms with van der Waals surface area (Å²) in [5.41, 5.74) is 0.949. The van der Waals surface area contributed by atoms with Crippen LogP contribution in [0.1, 0.15) is 38.1 Å². The van der Waals surface area contributed by atoms with Crippen LogP contribution in [-0.4, -0.2) is 58.3 Å². The number of hydrogen-bond donors (Lipinski definition) is 1. The summed E-state index contributed by atoms with van der Waals surface area (Å²) in [6, 6.07) is 8.01. The number of thioether (sulfide) groups is 1. The van der Waals surface area contributed by atoms with Crippen LogP contribution in [-0.2, 0) is 9.84 Å². The van der Waals surface area contributed by atoms with Crippen LogP contribution in [0.3, 0.4) is 0 Å². The Hall–Kier alpha value is -1.58. The molecule has 2 aliphatic rings. The van der Waals surface area contributed by atoms with Crippen LogP contribution >= 0.6 is 11.8 Å². The van der Waals surface area contributed by atoms with Gasteiger partial charge in [-0.15, -0.1) is 10.2 Å². The van der Waals surface area contributed by atoms with E-state index in [1.54, 1.807) is 7.11 Å². The van der Waals surface area contributed by atoms with Gasteiger partial charge in [-0.1, -0.05) is 31.0 Å². The molecule has 1 aromatic carbocycles. The molecule has 2 heterocycles. The molecule has 1 N–H and O–H groups in total. The Morgan fingerprint density at radius 3 is 2.43 bits per heavy atom. The van der Waals surface area contributed by atoms with Crippen molar-refractivity contribution < 1.29 is 18.3 Å². The molecule has 2 aromatic rings. The Kier molecular flexibility index (Phi) is 5.66. The Bertz CT molecular complexity index is 921. The second-order valence-corrected chi connectivity index (χ2v) is 10.9. The lowest BCUT2D eigenvalue weighted by atomic mass is 9.95. The van der Waals surface area contributed by atoms with Crippen LogP contribution in [0, 0.1) is 0 Å². The second kappa shape index (κ2) is 8.04. The minimum absolute atomic E-state index is 0.0196. The van der Waals surface area contributed by atoms with Crippen molar-refractivity contribution in [2.75, 3.05) is 18.6 Å². The van der Waals surface area contributed by atoms with Crippen LogP contribution in [0.15, 0.2) is 29.4 Å². The molecular formula is C19H25N3O4S2. The molecule has 2 atom stereocenters. The van der Waals surface area contributed by atoms with Gasteiger partial charge in [0.05, 0.1) is 30.0 Å². The van der Waals surface area contributed by atoms with Gasteiger partial charge in [-0.05, 0) is 37.1 Å². The first-order valence-corrected chi connectivity index (χ1v) is 12.3. The average Bonchev–Trinajstić information content (AvgIpc) is 3.22. The molecule has 0 unspecified atom stereocenters. The van der Waals surface area contributed by atoms with E-state index in [1.807, 2.05) is 24.3 Å². The quantitative estimate of drug-likeness (QED) is 0.790. The largest absolute Gasteiger partial charge is 0.497 e. The first-order chi connectivity index (χ1) is 13.5. The number of ether oxygens (including phenoxy) is 1. The lowest BCUT2D eigenvalue weighted by Crippen LogP contribution is -2.22. The van der Waals surface area contributed by atoms with Crippen molar-refractivity contribution in [2.45, 2.75) is 54.7 Å². The van der Waals surface area contributed by atoms with E-state index >= 15 is 0 Å². The van der Waals surface area contributed by atoms with Gasteiger partial charge in [0.25, 0.3) is 0 Å². The Morgan fingerprint density at radius 2 is 1.82 bits per heavy atom. The van der Waals surface area contributed by atoms with Gasteiger partial charge in [0.15, 0.2) is 20.8 Å². The minimum atomic E-state index is -3.20. The molecule has 9 heteroatoms. The van der Waals surface area contributed by atoms with Crippen LogP contribution < -0.4 is 4.74 Å². The highest BCUT2D eigenvalue weighted by Crippen LogP contribution is 2.38. The molecule has 0 bridgehead atoms. The zero-order valence-corrected chi connectivity index (χ0v) is 17.5. The van der Waals surface area contributed by atoms with E-state index in [9.17, 15) is 13.5 Å². The highest BCUT2D eigenvalue weighted by atomic mass is 32.2. The second-order valence-electron chi connectivity index (χ2n) is 7.50. The summed E-state index contributed by atoms with van der Waals surface area (Å²) in [4.78, 5) is 0. The molecule has 0 spiro atoms. The predicted molar refractivity (Wildman–Crippen MR) is 108 cm³/mol. The number of methoxy groups -OCH3 is 1. The predicted octanol–water partition coefficient (Wildman–Crippen LogP) is 2.71. The highest BCUT2D eigenvalue weighted by molar-refractivity contribution is 8.01. The highest BCUT2D eigenvalue weighted by Gasteiger charge is 2.38. The van der Waals surface area contributed by atoms with Crippen LogP contribution in [0.4, 0.5) is 0 Å². The molecule has 4 rings (SSSR count). The zero-order chi connectivity index (χ0) is 19.7. The van der Waals surface area contributed by atoms with E-state index in [-0.39, 0.29) is 11.5 Å². The molecule has 1 aromatic heterocycles. The van der Waals surface area contributed by atoms with Crippen LogP contribution in [0.25, 0.3) is 11.4 Å². The molecule has 0 radical (unpaired) electrons. The lowest BCUT2D eigenvalue weighted by molar-refractivity contribution is 0.207. The van der Waals surface area contributed by atoms with Crippen molar-refractivity contribution in [1.82, 2.24) is 14.8 Å². The fourth-order valence-electron chi connectivity index (χ4n) is 4.01. The van der Waals surface area contributed by atoms with Crippen molar-refractivity contribution in [3.8, 4) is 17.1 Å². The van der Waals surface area contributed by atoms with Gasteiger partial charge < -0.3 is 9.84 Å². The summed E-state index contributed by atoms with van der Waals surface area (Å²) in [6.45, 7) is 0. The molecule has 152 valence electrons. The third kappa shape index (κ3) is 4.06. The number of benzene rings is 1. The summed E-state index contributed by atoms with van der Waals surface area (Å²) >= 11 is 1.34. The summed E-state index contributed by atoms with van der Waals surface area (Å²) in [7, 11) is -1.56. The van der Waals surface area contributed by atoms with Crippen LogP contribution in [0.2, 0.25) is 0 Å². The van der Waals surface area contributed by atoms with Gasteiger partial charge in [0, 0.05) is 11.6 Å². The Balaban J connectivity index is 1.68. The monoisotopic (exact) mass is 423 g/mol. The summed E-state index contributed by atoms with van der Waals surface area (Å²) in [5, 5.41) is 19.3. The molecule has 1 aliphatic heterocycles. The third-order valence-electron chi connectivity index (χ3n) is 5.48. The molecule has 28 heavy (non-hydrogen) atoms.